The second-order valence-corrected chi connectivity index (χ2v) is 11.8. The molecule has 0 amide bonds. The molecule has 0 atom stereocenters. The van der Waals surface area contributed by atoms with Gasteiger partial charge in [-0.2, -0.15) is 0 Å². The minimum absolute atomic E-state index is 0.110. The van der Waals surface area contributed by atoms with E-state index in [9.17, 15) is 0 Å². The lowest BCUT2D eigenvalue weighted by atomic mass is 9.82. The van der Waals surface area contributed by atoms with E-state index in [1.807, 2.05) is 0 Å². The van der Waals surface area contributed by atoms with Crippen LogP contribution < -0.4 is 0 Å². The van der Waals surface area contributed by atoms with Crippen molar-refractivity contribution in [2.24, 2.45) is 0 Å². The van der Waals surface area contributed by atoms with Crippen molar-refractivity contribution in [3.8, 4) is 22.3 Å². The summed E-state index contributed by atoms with van der Waals surface area (Å²) in [6, 6.07) is 42.1. The highest BCUT2D eigenvalue weighted by Gasteiger charge is 2.19. The van der Waals surface area contributed by atoms with Crippen LogP contribution in [0.4, 0.5) is 0 Å². The van der Waals surface area contributed by atoms with Crippen LogP contribution in [0.3, 0.4) is 0 Å². The van der Waals surface area contributed by atoms with Crippen molar-refractivity contribution in [2.75, 3.05) is 0 Å². The fourth-order valence-electron chi connectivity index (χ4n) is 6.32. The first-order valence-electron chi connectivity index (χ1n) is 13.7. The van der Waals surface area contributed by atoms with Gasteiger partial charge in [0.2, 0.25) is 0 Å². The SMILES string of the molecule is CC(C)(C)c1cc2ccc3ccc(-c4ccc5oc6c(-c7ccccc7)cccc6c5c4)c4ccc(c1)c2c34. The molecule has 0 aliphatic heterocycles. The summed E-state index contributed by atoms with van der Waals surface area (Å²) in [6.07, 6.45) is 0. The van der Waals surface area contributed by atoms with Gasteiger partial charge in [0, 0.05) is 16.3 Å². The van der Waals surface area contributed by atoms with Crippen LogP contribution in [-0.4, -0.2) is 0 Å². The van der Waals surface area contributed by atoms with Gasteiger partial charge < -0.3 is 4.42 Å². The summed E-state index contributed by atoms with van der Waals surface area (Å²) >= 11 is 0. The molecule has 0 bridgehead atoms. The van der Waals surface area contributed by atoms with E-state index in [0.717, 1.165) is 27.5 Å². The number of para-hydroxylation sites is 1. The number of rotatable bonds is 2. The maximum absolute atomic E-state index is 6.45. The van der Waals surface area contributed by atoms with Crippen molar-refractivity contribution in [2.45, 2.75) is 26.2 Å². The van der Waals surface area contributed by atoms with Gasteiger partial charge in [0.1, 0.15) is 11.2 Å². The molecule has 1 nitrogen and oxygen atoms in total. The number of benzene rings is 7. The lowest BCUT2D eigenvalue weighted by Gasteiger charge is -2.22. The minimum Gasteiger partial charge on any atom is -0.455 e. The van der Waals surface area contributed by atoms with Crippen molar-refractivity contribution in [1.29, 1.82) is 0 Å². The van der Waals surface area contributed by atoms with Crippen molar-refractivity contribution < 1.29 is 4.42 Å². The van der Waals surface area contributed by atoms with Gasteiger partial charge in [-0.3, -0.25) is 0 Å². The van der Waals surface area contributed by atoms with Gasteiger partial charge in [-0.25, -0.2) is 0 Å². The van der Waals surface area contributed by atoms with Crippen LogP contribution in [0, 0.1) is 0 Å². The molecule has 0 saturated carbocycles. The molecule has 0 unspecified atom stereocenters. The molecule has 0 fully saturated rings. The van der Waals surface area contributed by atoms with Crippen LogP contribution >= 0.6 is 0 Å². The molecular formula is C38H28O. The van der Waals surface area contributed by atoms with Crippen LogP contribution in [0.2, 0.25) is 0 Å². The minimum atomic E-state index is 0.110. The molecule has 8 rings (SSSR count). The Bertz CT molecular complexity index is 2170. The van der Waals surface area contributed by atoms with Crippen molar-refractivity contribution >= 4 is 54.3 Å². The van der Waals surface area contributed by atoms with Crippen LogP contribution in [0.25, 0.3) is 76.5 Å². The third-order valence-electron chi connectivity index (χ3n) is 8.36. The Balaban J connectivity index is 1.36. The Hall–Kier alpha value is -4.62. The first-order chi connectivity index (χ1) is 19.0. The zero-order valence-corrected chi connectivity index (χ0v) is 22.4. The van der Waals surface area contributed by atoms with Crippen LogP contribution in [-0.2, 0) is 5.41 Å². The summed E-state index contributed by atoms with van der Waals surface area (Å²) in [6.45, 7) is 6.86. The average Bonchev–Trinajstić information content (AvgIpc) is 3.33. The first-order valence-corrected chi connectivity index (χ1v) is 13.7. The third-order valence-corrected chi connectivity index (χ3v) is 8.36. The van der Waals surface area contributed by atoms with Gasteiger partial charge in [0.15, 0.2) is 0 Å². The molecular weight excluding hydrogens is 472 g/mol. The Labute approximate surface area is 227 Å². The predicted octanol–water partition coefficient (Wildman–Crippen LogP) is 11.1. The quantitative estimate of drug-likeness (QED) is 0.215. The first kappa shape index (κ1) is 22.4. The number of fused-ring (bicyclic) bond motifs is 3. The van der Waals surface area contributed by atoms with E-state index >= 15 is 0 Å². The van der Waals surface area contributed by atoms with E-state index in [0.29, 0.717) is 0 Å². The Morgan fingerprint density at radius 1 is 0.487 bits per heavy atom. The molecule has 0 radical (unpaired) electrons. The summed E-state index contributed by atoms with van der Waals surface area (Å²) in [5.74, 6) is 0. The van der Waals surface area contributed by atoms with E-state index in [-0.39, 0.29) is 5.41 Å². The average molecular weight is 501 g/mol. The molecule has 0 saturated heterocycles. The number of hydrogen-bond acceptors (Lipinski definition) is 1. The summed E-state index contributed by atoms with van der Waals surface area (Å²) in [5.41, 5.74) is 8.12. The smallest absolute Gasteiger partial charge is 0.143 e. The van der Waals surface area contributed by atoms with Crippen molar-refractivity contribution in [3.05, 3.63) is 121 Å². The Kier molecular flexibility index (Phi) is 4.56. The van der Waals surface area contributed by atoms with Gasteiger partial charge in [-0.15, -0.1) is 0 Å². The molecule has 1 heteroatoms. The van der Waals surface area contributed by atoms with E-state index in [1.54, 1.807) is 0 Å². The molecule has 8 aromatic rings. The van der Waals surface area contributed by atoms with E-state index in [2.05, 4.69) is 136 Å². The highest BCUT2D eigenvalue weighted by Crippen LogP contribution is 2.43. The maximum Gasteiger partial charge on any atom is 0.143 e. The Morgan fingerprint density at radius 3 is 2.03 bits per heavy atom. The lowest BCUT2D eigenvalue weighted by molar-refractivity contribution is 0.591. The zero-order chi connectivity index (χ0) is 26.3. The van der Waals surface area contributed by atoms with Crippen molar-refractivity contribution in [3.63, 3.8) is 0 Å². The summed E-state index contributed by atoms with van der Waals surface area (Å²) < 4.78 is 6.45. The predicted molar refractivity (Wildman–Crippen MR) is 167 cm³/mol. The van der Waals surface area contributed by atoms with Crippen LogP contribution in [0.15, 0.2) is 120 Å². The van der Waals surface area contributed by atoms with Gasteiger partial charge in [0.25, 0.3) is 0 Å². The second kappa shape index (κ2) is 7.94. The van der Waals surface area contributed by atoms with Gasteiger partial charge in [0.05, 0.1) is 0 Å². The largest absolute Gasteiger partial charge is 0.455 e. The molecule has 39 heavy (non-hydrogen) atoms. The molecule has 0 N–H and O–H groups in total. The summed E-state index contributed by atoms with van der Waals surface area (Å²) in [4.78, 5) is 0. The lowest BCUT2D eigenvalue weighted by Crippen LogP contribution is -2.10. The van der Waals surface area contributed by atoms with Gasteiger partial charge >= 0.3 is 0 Å². The number of furan rings is 1. The highest BCUT2D eigenvalue weighted by atomic mass is 16.3. The normalized spacial score (nSPS) is 12.5. The van der Waals surface area contributed by atoms with Gasteiger partial charge in [-0.1, -0.05) is 124 Å². The Morgan fingerprint density at radius 2 is 1.23 bits per heavy atom. The number of hydrogen-bond donors (Lipinski definition) is 0. The monoisotopic (exact) mass is 500 g/mol. The molecule has 7 aromatic carbocycles. The van der Waals surface area contributed by atoms with E-state index < -0.39 is 0 Å². The fraction of sp³-hybridized carbons (Fsp3) is 0.105. The maximum atomic E-state index is 6.45. The molecule has 1 heterocycles. The van der Waals surface area contributed by atoms with E-state index in [1.165, 1.54) is 54.6 Å². The molecule has 0 aliphatic rings. The highest BCUT2D eigenvalue weighted by molar-refractivity contribution is 6.26. The molecule has 186 valence electrons. The molecule has 0 aliphatic carbocycles. The zero-order valence-electron chi connectivity index (χ0n) is 22.4. The summed E-state index contributed by atoms with van der Waals surface area (Å²) in [5, 5.41) is 10.2. The fourth-order valence-corrected chi connectivity index (χ4v) is 6.32. The van der Waals surface area contributed by atoms with Gasteiger partial charge in [-0.05, 0) is 72.1 Å². The molecule has 0 spiro atoms. The van der Waals surface area contributed by atoms with Crippen LogP contribution in [0.1, 0.15) is 26.3 Å². The standard InChI is InChI=1S/C38H28O/c1-38(2,3)28-20-26-13-12-24-14-17-29(31-18-15-27(21-28)35(26)36(24)31)25-16-19-34-33(22-25)32-11-7-10-30(37(32)39-34)23-8-5-4-6-9-23/h4-22H,1-3H3. The van der Waals surface area contributed by atoms with Crippen LogP contribution in [0.5, 0.6) is 0 Å². The van der Waals surface area contributed by atoms with E-state index in [4.69, 9.17) is 4.42 Å². The van der Waals surface area contributed by atoms with Crippen molar-refractivity contribution in [1.82, 2.24) is 0 Å². The summed E-state index contributed by atoms with van der Waals surface area (Å²) in [7, 11) is 0. The second-order valence-electron chi connectivity index (χ2n) is 11.8. The third kappa shape index (κ3) is 3.33. The topological polar surface area (TPSA) is 13.1 Å². The molecule has 1 aromatic heterocycles.